The molecule has 1 unspecified atom stereocenters. The van der Waals surface area contributed by atoms with Crippen molar-refractivity contribution in [2.24, 2.45) is 11.3 Å². The van der Waals surface area contributed by atoms with E-state index in [0.29, 0.717) is 0 Å². The van der Waals surface area contributed by atoms with Crippen LogP contribution in [0.1, 0.15) is 6.42 Å². The van der Waals surface area contributed by atoms with Crippen molar-refractivity contribution >= 4 is 37.8 Å². The van der Waals surface area contributed by atoms with Crippen LogP contribution in [-0.4, -0.2) is 48.0 Å². The normalized spacial score (nSPS) is 23.5. The zero-order valence-electron chi connectivity index (χ0n) is 6.36. The van der Waals surface area contributed by atoms with Crippen LogP contribution in [-0.2, 0) is 9.59 Å². The summed E-state index contributed by atoms with van der Waals surface area (Å²) >= 11 is 0. The number of allylic oxidation sites excluding steroid dienone is 1. The fourth-order valence-corrected chi connectivity index (χ4v) is 1.16. The predicted octanol–water partition coefficient (Wildman–Crippen LogP) is -0.0329. The van der Waals surface area contributed by atoms with E-state index in [2.05, 4.69) is 6.58 Å². The molecule has 63 valence electrons. The number of aliphatic carboxylic acids is 2. The van der Waals surface area contributed by atoms with Crippen molar-refractivity contribution in [1.29, 1.82) is 0 Å². The van der Waals surface area contributed by atoms with Gasteiger partial charge in [-0.05, 0) is 6.42 Å². The van der Waals surface area contributed by atoms with Crippen molar-refractivity contribution in [1.82, 2.24) is 0 Å². The Labute approximate surface area is 88.1 Å². The monoisotopic (exact) mass is 271 g/mol. The molecule has 1 atom stereocenters. The van der Waals surface area contributed by atoms with Crippen LogP contribution in [0.15, 0.2) is 12.7 Å². The number of hydrogen-bond acceptors (Lipinski definition) is 2. The quantitative estimate of drug-likeness (QED) is 0.558. The van der Waals surface area contributed by atoms with Gasteiger partial charge >= 0.3 is 11.9 Å². The molecular formula is C7H8InO4. The summed E-state index contributed by atoms with van der Waals surface area (Å²) in [7, 11) is 0. The van der Waals surface area contributed by atoms with Crippen LogP contribution in [0.3, 0.4) is 0 Å². The van der Waals surface area contributed by atoms with Gasteiger partial charge in [0.2, 0.25) is 0 Å². The van der Waals surface area contributed by atoms with Gasteiger partial charge in [-0.1, -0.05) is 6.08 Å². The van der Waals surface area contributed by atoms with E-state index in [-0.39, 0.29) is 32.3 Å². The van der Waals surface area contributed by atoms with E-state index in [1.807, 2.05) is 0 Å². The van der Waals surface area contributed by atoms with Crippen molar-refractivity contribution in [2.45, 2.75) is 6.42 Å². The average Bonchev–Trinajstić information content (AvgIpc) is 2.61. The molecule has 1 aliphatic carbocycles. The third kappa shape index (κ3) is 1.37. The molecule has 3 radical (unpaired) electrons. The number of carboxylic acid groups (broad SMARTS) is 2. The van der Waals surface area contributed by atoms with Crippen LogP contribution in [0.2, 0.25) is 0 Å². The van der Waals surface area contributed by atoms with Crippen molar-refractivity contribution in [3.63, 3.8) is 0 Å². The average molecular weight is 271 g/mol. The van der Waals surface area contributed by atoms with Gasteiger partial charge in [-0.25, -0.2) is 0 Å². The van der Waals surface area contributed by atoms with E-state index in [4.69, 9.17) is 10.2 Å². The minimum atomic E-state index is -1.57. The Morgan fingerprint density at radius 1 is 1.42 bits per heavy atom. The number of carboxylic acids is 2. The molecule has 1 fully saturated rings. The van der Waals surface area contributed by atoms with E-state index in [0.717, 1.165) is 0 Å². The van der Waals surface area contributed by atoms with Gasteiger partial charge in [0, 0.05) is 31.8 Å². The van der Waals surface area contributed by atoms with Crippen molar-refractivity contribution < 1.29 is 19.8 Å². The predicted molar refractivity (Wildman–Crippen MR) is 41.8 cm³/mol. The number of carbonyl (C=O) groups is 2. The Balaban J connectivity index is 0.00000121. The molecule has 0 aromatic heterocycles. The molecule has 1 rings (SSSR count). The second-order valence-corrected chi connectivity index (χ2v) is 2.63. The largest absolute Gasteiger partial charge is 0.480 e. The molecule has 0 aromatic rings. The molecule has 12 heavy (non-hydrogen) atoms. The zero-order valence-corrected chi connectivity index (χ0v) is 9.65. The van der Waals surface area contributed by atoms with Gasteiger partial charge < -0.3 is 10.2 Å². The Hall–Kier alpha value is -0.450. The molecule has 0 spiro atoms. The first-order chi connectivity index (χ1) is 5.05. The Morgan fingerprint density at radius 3 is 1.92 bits per heavy atom. The smallest absolute Gasteiger partial charge is 0.321 e. The summed E-state index contributed by atoms with van der Waals surface area (Å²) in [5.41, 5.74) is -1.57. The van der Waals surface area contributed by atoms with Gasteiger partial charge in [0.15, 0.2) is 5.41 Å². The van der Waals surface area contributed by atoms with Crippen molar-refractivity contribution in [2.75, 3.05) is 0 Å². The summed E-state index contributed by atoms with van der Waals surface area (Å²) in [5.74, 6) is -2.94. The number of rotatable bonds is 3. The van der Waals surface area contributed by atoms with Gasteiger partial charge in [0.1, 0.15) is 0 Å². The van der Waals surface area contributed by atoms with E-state index >= 15 is 0 Å². The van der Waals surface area contributed by atoms with Gasteiger partial charge in [0.25, 0.3) is 0 Å². The minimum absolute atomic E-state index is 0. The van der Waals surface area contributed by atoms with Gasteiger partial charge in [-0.3, -0.25) is 9.59 Å². The Bertz CT molecular complexity index is 222. The molecule has 0 heterocycles. The molecule has 2 N–H and O–H groups in total. The first kappa shape index (κ1) is 11.6. The Morgan fingerprint density at radius 2 is 1.83 bits per heavy atom. The molecule has 0 aliphatic heterocycles. The maximum absolute atomic E-state index is 10.5. The zero-order chi connectivity index (χ0) is 8.65. The van der Waals surface area contributed by atoms with E-state index in [9.17, 15) is 9.59 Å². The summed E-state index contributed by atoms with van der Waals surface area (Å²) in [6.45, 7) is 3.36. The summed E-state index contributed by atoms with van der Waals surface area (Å²) in [4.78, 5) is 20.9. The van der Waals surface area contributed by atoms with Crippen LogP contribution in [0.25, 0.3) is 0 Å². The van der Waals surface area contributed by atoms with Crippen LogP contribution < -0.4 is 0 Å². The molecule has 0 bridgehead atoms. The van der Waals surface area contributed by atoms with Crippen molar-refractivity contribution in [3.8, 4) is 0 Å². The summed E-state index contributed by atoms with van der Waals surface area (Å²) in [5, 5.41) is 17.1. The summed E-state index contributed by atoms with van der Waals surface area (Å²) in [6.07, 6.45) is 1.55. The summed E-state index contributed by atoms with van der Waals surface area (Å²) < 4.78 is 0. The third-order valence-corrected chi connectivity index (χ3v) is 2.06. The SMILES string of the molecule is C=CC1CC1(C(=O)O)C(=O)O.[In]. The maximum Gasteiger partial charge on any atom is 0.321 e. The first-order valence-corrected chi connectivity index (χ1v) is 3.15. The fourth-order valence-electron chi connectivity index (χ4n) is 1.16. The van der Waals surface area contributed by atoms with E-state index in [1.54, 1.807) is 0 Å². The second-order valence-electron chi connectivity index (χ2n) is 2.63. The van der Waals surface area contributed by atoms with Crippen LogP contribution >= 0.6 is 0 Å². The maximum atomic E-state index is 10.5. The molecule has 1 aliphatic rings. The van der Waals surface area contributed by atoms with Crippen LogP contribution in [0.4, 0.5) is 0 Å². The molecule has 5 heteroatoms. The standard InChI is InChI=1S/C7H8O4.In/c1-2-4-3-7(4,5(8)9)6(10)11;/h2,4H,1,3H2,(H,8,9)(H,10,11);. The van der Waals surface area contributed by atoms with E-state index in [1.165, 1.54) is 6.08 Å². The molecule has 0 saturated heterocycles. The topological polar surface area (TPSA) is 74.6 Å². The number of hydrogen-bond donors (Lipinski definition) is 2. The van der Waals surface area contributed by atoms with Gasteiger partial charge in [-0.2, -0.15) is 0 Å². The summed E-state index contributed by atoms with van der Waals surface area (Å²) in [6, 6.07) is 0. The molecule has 0 aromatic carbocycles. The molecule has 1 saturated carbocycles. The van der Waals surface area contributed by atoms with Crippen molar-refractivity contribution in [3.05, 3.63) is 12.7 Å². The second kappa shape index (κ2) is 3.51. The van der Waals surface area contributed by atoms with E-state index < -0.39 is 23.3 Å². The fraction of sp³-hybridized carbons (Fsp3) is 0.429. The molecular weight excluding hydrogens is 263 g/mol. The molecule has 4 nitrogen and oxygen atoms in total. The third-order valence-electron chi connectivity index (χ3n) is 2.06. The minimum Gasteiger partial charge on any atom is -0.480 e. The van der Waals surface area contributed by atoms with Gasteiger partial charge in [0.05, 0.1) is 0 Å². The molecule has 0 amide bonds. The van der Waals surface area contributed by atoms with Gasteiger partial charge in [-0.15, -0.1) is 6.58 Å². The Kier molecular flexibility index (Phi) is 3.38. The van der Waals surface area contributed by atoms with Crippen LogP contribution in [0.5, 0.6) is 0 Å². The first-order valence-electron chi connectivity index (χ1n) is 3.15. The van der Waals surface area contributed by atoms with Crippen LogP contribution in [0, 0.1) is 11.3 Å².